The van der Waals surface area contributed by atoms with Crippen molar-refractivity contribution in [1.29, 1.82) is 0 Å². The van der Waals surface area contributed by atoms with Gasteiger partial charge in [0, 0.05) is 35.7 Å². The van der Waals surface area contributed by atoms with E-state index in [-0.39, 0.29) is 16.7 Å². The lowest BCUT2D eigenvalue weighted by Crippen LogP contribution is -2.03. The van der Waals surface area contributed by atoms with E-state index in [0.717, 1.165) is 18.4 Å². The molecular weight excluding hydrogens is 430 g/mol. The van der Waals surface area contributed by atoms with Crippen molar-refractivity contribution in [2.75, 3.05) is 24.0 Å². The first-order valence-electron chi connectivity index (χ1n) is 8.82. The predicted octanol–water partition coefficient (Wildman–Crippen LogP) is 3.53. The van der Waals surface area contributed by atoms with Gasteiger partial charge in [-0.25, -0.2) is 22.2 Å². The van der Waals surface area contributed by atoms with E-state index in [1.54, 1.807) is 12.1 Å². The van der Waals surface area contributed by atoms with Crippen LogP contribution in [0.4, 0.5) is 32.1 Å². The predicted molar refractivity (Wildman–Crippen MR) is 111 cm³/mol. The monoisotopic (exact) mass is 446 g/mol. The summed E-state index contributed by atoms with van der Waals surface area (Å²) in [6, 6.07) is 8.03. The number of nitrogens with zero attached hydrogens (tertiary/aromatic N) is 3. The van der Waals surface area contributed by atoms with Crippen molar-refractivity contribution in [2.24, 2.45) is 0 Å². The molecule has 0 atom stereocenters. The van der Waals surface area contributed by atoms with Crippen molar-refractivity contribution in [3.05, 3.63) is 54.2 Å². The third kappa shape index (κ3) is 4.38. The zero-order valence-corrected chi connectivity index (χ0v) is 17.1. The van der Waals surface area contributed by atoms with E-state index in [4.69, 9.17) is 4.74 Å². The Bertz CT molecular complexity index is 1390. The standard InChI is InChI=1S/C19H16F2N6O3S/c1-30-11-5-10(6-12(7-11)31(2,28)29)23-19-22-4-3-17(25-19)24-18-13-8-14(20)15(21)9-16(13)26-27-18/h3-9H,1-2H3,(H3,22,23,24,25,26,27). The average molecular weight is 446 g/mol. The van der Waals surface area contributed by atoms with Gasteiger partial charge in [-0.05, 0) is 24.3 Å². The summed E-state index contributed by atoms with van der Waals surface area (Å²) in [7, 11) is -2.04. The number of aromatic amines is 1. The second-order valence-corrected chi connectivity index (χ2v) is 8.58. The second-order valence-electron chi connectivity index (χ2n) is 6.57. The number of halogens is 2. The largest absolute Gasteiger partial charge is 0.497 e. The Hall–Kier alpha value is -3.80. The van der Waals surface area contributed by atoms with Gasteiger partial charge >= 0.3 is 0 Å². The van der Waals surface area contributed by atoms with E-state index < -0.39 is 21.5 Å². The molecule has 2 aromatic heterocycles. The fraction of sp³-hybridized carbons (Fsp3) is 0.105. The molecule has 0 saturated heterocycles. The van der Waals surface area contributed by atoms with Gasteiger partial charge in [-0.15, -0.1) is 0 Å². The molecular formula is C19H16F2N6O3S. The van der Waals surface area contributed by atoms with E-state index in [1.165, 1.54) is 25.4 Å². The molecule has 4 rings (SSSR count). The summed E-state index contributed by atoms with van der Waals surface area (Å²) < 4.78 is 55.9. The minimum Gasteiger partial charge on any atom is -0.497 e. The second kappa shape index (κ2) is 7.80. The number of benzene rings is 2. The molecule has 0 saturated carbocycles. The van der Waals surface area contributed by atoms with Crippen LogP contribution < -0.4 is 15.4 Å². The molecule has 2 aromatic carbocycles. The molecule has 4 aromatic rings. The fourth-order valence-corrected chi connectivity index (χ4v) is 3.49. The normalized spacial score (nSPS) is 11.5. The van der Waals surface area contributed by atoms with Crippen LogP contribution in [0, 0.1) is 11.6 Å². The molecule has 3 N–H and O–H groups in total. The number of aromatic nitrogens is 4. The Morgan fingerprint density at radius 2 is 1.84 bits per heavy atom. The van der Waals surface area contributed by atoms with E-state index in [9.17, 15) is 17.2 Å². The number of hydrogen-bond acceptors (Lipinski definition) is 8. The number of hydrogen-bond donors (Lipinski definition) is 3. The first-order chi connectivity index (χ1) is 14.7. The van der Waals surface area contributed by atoms with E-state index in [1.807, 2.05) is 0 Å². The van der Waals surface area contributed by atoms with Crippen LogP contribution in [-0.2, 0) is 9.84 Å². The number of ether oxygens (including phenoxy) is 1. The molecule has 0 unspecified atom stereocenters. The topological polar surface area (TPSA) is 122 Å². The van der Waals surface area contributed by atoms with Gasteiger partial charge in [-0.2, -0.15) is 10.1 Å². The zero-order valence-electron chi connectivity index (χ0n) is 16.3. The molecule has 160 valence electrons. The van der Waals surface area contributed by atoms with Gasteiger partial charge < -0.3 is 15.4 Å². The number of rotatable bonds is 6. The van der Waals surface area contributed by atoms with Gasteiger partial charge in [-0.3, -0.25) is 5.10 Å². The summed E-state index contributed by atoms with van der Waals surface area (Å²) in [4.78, 5) is 8.47. The van der Waals surface area contributed by atoms with Crippen LogP contribution >= 0.6 is 0 Å². The number of H-pyrrole nitrogens is 1. The molecule has 0 aliphatic rings. The Balaban J connectivity index is 1.62. The maximum absolute atomic E-state index is 13.6. The van der Waals surface area contributed by atoms with Crippen molar-refractivity contribution in [1.82, 2.24) is 20.2 Å². The minimum atomic E-state index is -3.46. The smallest absolute Gasteiger partial charge is 0.229 e. The molecule has 9 nitrogen and oxygen atoms in total. The van der Waals surface area contributed by atoms with Crippen molar-refractivity contribution in [2.45, 2.75) is 4.90 Å². The van der Waals surface area contributed by atoms with Gasteiger partial charge in [0.15, 0.2) is 27.3 Å². The first-order valence-corrected chi connectivity index (χ1v) is 10.7. The van der Waals surface area contributed by atoms with Crippen molar-refractivity contribution >= 4 is 44.0 Å². The lowest BCUT2D eigenvalue weighted by atomic mass is 10.2. The van der Waals surface area contributed by atoms with Gasteiger partial charge in [0.25, 0.3) is 0 Å². The van der Waals surface area contributed by atoms with Gasteiger partial charge in [0.05, 0.1) is 17.5 Å². The third-order valence-corrected chi connectivity index (χ3v) is 5.40. The van der Waals surface area contributed by atoms with Gasteiger partial charge in [0.2, 0.25) is 5.95 Å². The molecule has 0 radical (unpaired) electrons. The van der Waals surface area contributed by atoms with Crippen LogP contribution in [0.3, 0.4) is 0 Å². The van der Waals surface area contributed by atoms with Crippen LogP contribution in [0.2, 0.25) is 0 Å². The van der Waals surface area contributed by atoms with E-state index in [2.05, 4.69) is 30.8 Å². The van der Waals surface area contributed by atoms with Gasteiger partial charge in [0.1, 0.15) is 11.6 Å². The van der Waals surface area contributed by atoms with Gasteiger partial charge in [-0.1, -0.05) is 0 Å². The number of nitrogens with one attached hydrogen (secondary N) is 3. The Morgan fingerprint density at radius 1 is 1.06 bits per heavy atom. The maximum atomic E-state index is 13.6. The summed E-state index contributed by atoms with van der Waals surface area (Å²) in [6.07, 6.45) is 2.56. The van der Waals surface area contributed by atoms with Crippen LogP contribution in [0.1, 0.15) is 0 Å². The summed E-state index contributed by atoms with van der Waals surface area (Å²) >= 11 is 0. The summed E-state index contributed by atoms with van der Waals surface area (Å²) in [5.74, 6) is -0.905. The number of fused-ring (bicyclic) bond motifs is 1. The average Bonchev–Trinajstić information content (AvgIpc) is 3.09. The third-order valence-electron chi connectivity index (χ3n) is 4.31. The zero-order chi connectivity index (χ0) is 22.2. The van der Waals surface area contributed by atoms with Crippen LogP contribution in [-0.4, -0.2) is 41.9 Å². The lowest BCUT2D eigenvalue weighted by molar-refractivity contribution is 0.413. The molecule has 31 heavy (non-hydrogen) atoms. The SMILES string of the molecule is COc1cc(Nc2nccc(Nc3n[nH]c4cc(F)c(F)cc34)n2)cc(S(C)(=O)=O)c1. The highest BCUT2D eigenvalue weighted by Gasteiger charge is 2.13. The molecule has 0 aliphatic carbocycles. The molecule has 0 spiro atoms. The van der Waals surface area contributed by atoms with Crippen LogP contribution in [0.25, 0.3) is 10.9 Å². The molecule has 2 heterocycles. The van der Waals surface area contributed by atoms with Crippen molar-refractivity contribution < 1.29 is 21.9 Å². The highest BCUT2D eigenvalue weighted by Crippen LogP contribution is 2.27. The Morgan fingerprint density at radius 3 is 2.58 bits per heavy atom. The van der Waals surface area contributed by atoms with Crippen molar-refractivity contribution in [3.8, 4) is 5.75 Å². The van der Waals surface area contributed by atoms with Crippen LogP contribution in [0.5, 0.6) is 5.75 Å². The maximum Gasteiger partial charge on any atom is 0.229 e. The fourth-order valence-electron chi connectivity index (χ4n) is 2.82. The molecule has 0 amide bonds. The summed E-state index contributed by atoms with van der Waals surface area (Å²) in [6.45, 7) is 0. The summed E-state index contributed by atoms with van der Waals surface area (Å²) in [5.41, 5.74) is 0.721. The number of anilines is 4. The molecule has 0 bridgehead atoms. The van der Waals surface area contributed by atoms with E-state index in [0.29, 0.717) is 28.2 Å². The lowest BCUT2D eigenvalue weighted by Gasteiger charge is -2.10. The Labute approximate surface area is 175 Å². The van der Waals surface area contributed by atoms with Crippen LogP contribution in [0.15, 0.2) is 47.5 Å². The Kier molecular flexibility index (Phi) is 5.15. The van der Waals surface area contributed by atoms with E-state index >= 15 is 0 Å². The number of methoxy groups -OCH3 is 1. The minimum absolute atomic E-state index is 0.0703. The number of sulfone groups is 1. The molecule has 0 aliphatic heterocycles. The highest BCUT2D eigenvalue weighted by molar-refractivity contribution is 7.90. The quantitative estimate of drug-likeness (QED) is 0.411. The van der Waals surface area contributed by atoms with Crippen molar-refractivity contribution in [3.63, 3.8) is 0 Å². The first kappa shape index (κ1) is 20.5. The summed E-state index contributed by atoms with van der Waals surface area (Å²) in [5, 5.41) is 12.8. The molecule has 12 heteroatoms. The molecule has 0 fully saturated rings. The highest BCUT2D eigenvalue weighted by atomic mass is 32.2.